The molecule has 1 rings (SSSR count). The molecule has 3 nitrogen and oxygen atoms in total. The van der Waals surface area contributed by atoms with Crippen molar-refractivity contribution in [2.75, 3.05) is 26.0 Å². The lowest BCUT2D eigenvalue weighted by atomic mass is 10.3. The van der Waals surface area contributed by atoms with E-state index in [2.05, 4.69) is 18.5 Å². The second-order valence-corrected chi connectivity index (χ2v) is 6.17. The van der Waals surface area contributed by atoms with Gasteiger partial charge in [0.15, 0.2) is 0 Å². The molecule has 0 saturated heterocycles. The summed E-state index contributed by atoms with van der Waals surface area (Å²) in [4.78, 5) is 0. The van der Waals surface area contributed by atoms with Crippen LogP contribution in [0.25, 0.3) is 0 Å². The van der Waals surface area contributed by atoms with Gasteiger partial charge in [0.1, 0.15) is 18.5 Å². The van der Waals surface area contributed by atoms with Gasteiger partial charge < -0.3 is 15.2 Å². The van der Waals surface area contributed by atoms with Crippen LogP contribution in [-0.4, -0.2) is 42.4 Å². The van der Waals surface area contributed by atoms with Crippen LogP contribution in [-0.2, 0) is 0 Å². The molecule has 2 atom stereocenters. The van der Waals surface area contributed by atoms with Crippen molar-refractivity contribution in [3.05, 3.63) is 29.3 Å². The highest BCUT2D eigenvalue weighted by molar-refractivity contribution is 7.99. The van der Waals surface area contributed by atoms with E-state index in [1.165, 1.54) is 0 Å². The van der Waals surface area contributed by atoms with Gasteiger partial charge in [-0.1, -0.05) is 18.5 Å². The zero-order valence-electron chi connectivity index (χ0n) is 11.4. The molecule has 0 amide bonds. The Morgan fingerprint density at radius 3 is 2.68 bits per heavy atom. The zero-order chi connectivity index (χ0) is 14.1. The summed E-state index contributed by atoms with van der Waals surface area (Å²) in [5.74, 6) is 0.722. The van der Waals surface area contributed by atoms with Crippen molar-refractivity contribution in [2.45, 2.75) is 24.7 Å². The van der Waals surface area contributed by atoms with Gasteiger partial charge in [-0.15, -0.1) is 0 Å². The van der Waals surface area contributed by atoms with E-state index in [1.54, 1.807) is 24.3 Å². The van der Waals surface area contributed by atoms with Crippen LogP contribution in [0.5, 0.6) is 5.75 Å². The number of ether oxygens (including phenoxy) is 1. The normalized spacial score (nSPS) is 14.1. The summed E-state index contributed by atoms with van der Waals surface area (Å²) >= 11 is 7.63. The molecule has 108 valence electrons. The predicted octanol–water partition coefficient (Wildman–Crippen LogP) is 2.81. The highest BCUT2D eigenvalue weighted by atomic mass is 35.5. The second-order valence-electron chi connectivity index (χ2n) is 4.46. The summed E-state index contributed by atoms with van der Waals surface area (Å²) in [7, 11) is 0. The molecule has 1 aromatic carbocycles. The van der Waals surface area contributed by atoms with Crippen molar-refractivity contribution in [1.29, 1.82) is 0 Å². The van der Waals surface area contributed by atoms with E-state index in [-0.39, 0.29) is 6.61 Å². The van der Waals surface area contributed by atoms with E-state index in [0.717, 1.165) is 18.7 Å². The first kappa shape index (κ1) is 16.6. The fourth-order valence-electron chi connectivity index (χ4n) is 1.47. The lowest BCUT2D eigenvalue weighted by molar-refractivity contribution is 0.106. The summed E-state index contributed by atoms with van der Waals surface area (Å²) < 4.78 is 5.47. The van der Waals surface area contributed by atoms with Crippen molar-refractivity contribution in [3.8, 4) is 5.75 Å². The number of halogens is 1. The SMILES string of the molecule is CSC(C)CCNCC(O)COc1ccc(Cl)cc1. The van der Waals surface area contributed by atoms with Gasteiger partial charge >= 0.3 is 0 Å². The molecule has 2 N–H and O–H groups in total. The molecule has 0 aliphatic rings. The van der Waals surface area contributed by atoms with E-state index < -0.39 is 6.10 Å². The average Bonchev–Trinajstić information content (AvgIpc) is 2.42. The maximum absolute atomic E-state index is 9.77. The Labute approximate surface area is 124 Å². The number of benzene rings is 1. The minimum absolute atomic E-state index is 0.284. The van der Waals surface area contributed by atoms with Crippen LogP contribution in [0.3, 0.4) is 0 Å². The van der Waals surface area contributed by atoms with Crippen LogP contribution in [0.2, 0.25) is 5.02 Å². The highest BCUT2D eigenvalue weighted by Crippen LogP contribution is 2.15. The Morgan fingerprint density at radius 1 is 1.37 bits per heavy atom. The third-order valence-electron chi connectivity index (χ3n) is 2.77. The van der Waals surface area contributed by atoms with Gasteiger partial charge in [-0.2, -0.15) is 11.8 Å². The molecule has 5 heteroatoms. The Morgan fingerprint density at radius 2 is 2.05 bits per heavy atom. The highest BCUT2D eigenvalue weighted by Gasteiger charge is 2.05. The van der Waals surface area contributed by atoms with Crippen LogP contribution in [0.15, 0.2) is 24.3 Å². The smallest absolute Gasteiger partial charge is 0.119 e. The summed E-state index contributed by atoms with van der Waals surface area (Å²) in [5.41, 5.74) is 0. The first-order valence-corrected chi connectivity index (χ1v) is 8.08. The van der Waals surface area contributed by atoms with Crippen LogP contribution in [0.4, 0.5) is 0 Å². The molecule has 0 spiro atoms. The quantitative estimate of drug-likeness (QED) is 0.688. The molecule has 0 heterocycles. The second kappa shape index (κ2) is 9.48. The third kappa shape index (κ3) is 7.67. The van der Waals surface area contributed by atoms with Gasteiger partial charge in [0.25, 0.3) is 0 Å². The Hall–Kier alpha value is -0.420. The van der Waals surface area contributed by atoms with E-state index in [4.69, 9.17) is 16.3 Å². The molecular formula is C14H22ClNO2S. The monoisotopic (exact) mass is 303 g/mol. The van der Waals surface area contributed by atoms with Gasteiger partial charge in [-0.25, -0.2) is 0 Å². The van der Waals surface area contributed by atoms with E-state index in [0.29, 0.717) is 16.8 Å². The van der Waals surface area contributed by atoms with E-state index in [9.17, 15) is 5.11 Å². The summed E-state index contributed by atoms with van der Waals surface area (Å²) in [6, 6.07) is 7.13. The molecule has 0 radical (unpaired) electrons. The Bertz CT molecular complexity index is 348. The van der Waals surface area contributed by atoms with Crippen LogP contribution in [0.1, 0.15) is 13.3 Å². The van der Waals surface area contributed by atoms with Gasteiger partial charge in [0, 0.05) is 16.8 Å². The number of hydrogen-bond donors (Lipinski definition) is 2. The summed E-state index contributed by atoms with van der Waals surface area (Å²) in [6.45, 7) is 3.95. The van der Waals surface area contributed by atoms with Crippen molar-refractivity contribution in [2.24, 2.45) is 0 Å². The fraction of sp³-hybridized carbons (Fsp3) is 0.571. The van der Waals surface area contributed by atoms with E-state index >= 15 is 0 Å². The minimum Gasteiger partial charge on any atom is -0.491 e. The van der Waals surface area contributed by atoms with Crippen molar-refractivity contribution in [1.82, 2.24) is 5.32 Å². The topological polar surface area (TPSA) is 41.5 Å². The number of aliphatic hydroxyl groups excluding tert-OH is 1. The maximum atomic E-state index is 9.77. The first-order chi connectivity index (χ1) is 9.11. The number of nitrogens with one attached hydrogen (secondary N) is 1. The number of rotatable bonds is 9. The van der Waals surface area contributed by atoms with Gasteiger partial charge in [0.2, 0.25) is 0 Å². The third-order valence-corrected chi connectivity index (χ3v) is 4.06. The lowest BCUT2D eigenvalue weighted by Crippen LogP contribution is -2.32. The molecule has 0 saturated carbocycles. The van der Waals surface area contributed by atoms with Crippen LogP contribution < -0.4 is 10.1 Å². The molecule has 19 heavy (non-hydrogen) atoms. The minimum atomic E-state index is -0.500. The Balaban J connectivity index is 2.10. The van der Waals surface area contributed by atoms with E-state index in [1.807, 2.05) is 11.8 Å². The first-order valence-electron chi connectivity index (χ1n) is 6.41. The molecule has 0 fully saturated rings. The summed E-state index contributed by atoms with van der Waals surface area (Å²) in [6.07, 6.45) is 2.71. The average molecular weight is 304 g/mol. The van der Waals surface area contributed by atoms with Gasteiger partial charge in [0.05, 0.1) is 0 Å². The van der Waals surface area contributed by atoms with Crippen molar-refractivity contribution < 1.29 is 9.84 Å². The lowest BCUT2D eigenvalue weighted by Gasteiger charge is -2.14. The number of thioether (sulfide) groups is 1. The molecule has 1 aromatic rings. The largest absolute Gasteiger partial charge is 0.491 e. The number of hydrogen-bond acceptors (Lipinski definition) is 4. The van der Waals surface area contributed by atoms with Crippen molar-refractivity contribution >= 4 is 23.4 Å². The Kier molecular flexibility index (Phi) is 8.30. The molecular weight excluding hydrogens is 282 g/mol. The molecule has 0 aliphatic heterocycles. The fourth-order valence-corrected chi connectivity index (χ4v) is 1.95. The zero-order valence-corrected chi connectivity index (χ0v) is 13.0. The molecule has 2 unspecified atom stereocenters. The maximum Gasteiger partial charge on any atom is 0.119 e. The summed E-state index contributed by atoms with van der Waals surface area (Å²) in [5, 5.41) is 14.3. The van der Waals surface area contributed by atoms with Gasteiger partial charge in [-0.3, -0.25) is 0 Å². The van der Waals surface area contributed by atoms with Crippen LogP contribution >= 0.6 is 23.4 Å². The molecule has 0 aromatic heterocycles. The molecule has 0 bridgehead atoms. The number of aliphatic hydroxyl groups is 1. The van der Waals surface area contributed by atoms with Crippen molar-refractivity contribution in [3.63, 3.8) is 0 Å². The molecule has 0 aliphatic carbocycles. The van der Waals surface area contributed by atoms with Crippen LogP contribution in [0, 0.1) is 0 Å². The standard InChI is InChI=1S/C14H22ClNO2S/c1-11(19-2)7-8-16-9-13(17)10-18-14-5-3-12(15)4-6-14/h3-6,11,13,16-17H,7-10H2,1-2H3. The predicted molar refractivity (Wildman–Crippen MR) is 83.4 cm³/mol. The van der Waals surface area contributed by atoms with Gasteiger partial charge in [-0.05, 0) is 43.5 Å².